The zero-order valence-corrected chi connectivity index (χ0v) is 16.3. The van der Waals surface area contributed by atoms with Crippen LogP contribution in [0, 0.1) is 11.6 Å². The van der Waals surface area contributed by atoms with Crippen molar-refractivity contribution < 1.29 is 30.9 Å². The van der Waals surface area contributed by atoms with Gasteiger partial charge in [0.25, 0.3) is 10.1 Å². The van der Waals surface area contributed by atoms with Crippen molar-refractivity contribution in [2.24, 2.45) is 0 Å². The largest absolute Gasteiger partial charge is 0.445 e. The molecule has 1 amide bonds. The maximum atomic E-state index is 14.5. The van der Waals surface area contributed by atoms with Gasteiger partial charge in [0.2, 0.25) is 0 Å². The first-order chi connectivity index (χ1) is 12.5. The molecule has 0 bridgehead atoms. The summed E-state index contributed by atoms with van der Waals surface area (Å²) in [6, 6.07) is 2.93. The Balaban J connectivity index is 2.49. The number of rotatable bonds is 6. The van der Waals surface area contributed by atoms with Gasteiger partial charge >= 0.3 is 6.09 Å². The van der Waals surface area contributed by atoms with E-state index in [1.54, 1.807) is 13.8 Å². The molecule has 1 aromatic carbocycles. The van der Waals surface area contributed by atoms with Crippen molar-refractivity contribution in [3.63, 3.8) is 0 Å². The van der Waals surface area contributed by atoms with E-state index in [0.717, 1.165) is 6.07 Å². The van der Waals surface area contributed by atoms with Crippen molar-refractivity contribution in [1.29, 1.82) is 0 Å². The fraction of sp³-hybridized carbons (Fsp3) is 0.500. The summed E-state index contributed by atoms with van der Waals surface area (Å²) in [5, 5.41) is -1.25. The second-order valence-corrected chi connectivity index (χ2v) is 8.66. The summed E-state index contributed by atoms with van der Waals surface area (Å²) < 4.78 is 63.4. The summed E-state index contributed by atoms with van der Waals surface area (Å²) in [4.78, 5) is 13.4. The molecule has 1 fully saturated rings. The minimum absolute atomic E-state index is 0.0103. The molecule has 2 atom stereocenters. The standard InChI is InChI=1S/C18H23F2NO5S/c1-5-8-25-17(22)21-10-16(27(23,24)26-12(2)3)18(4,11-21)14-7-6-13(19)9-15(14)20/h5-7,9,12,16H,1,8,10-11H2,2-4H3. The average Bonchev–Trinajstić information content (AvgIpc) is 2.91. The molecule has 0 spiro atoms. The van der Waals surface area contributed by atoms with Gasteiger partial charge < -0.3 is 9.64 Å². The van der Waals surface area contributed by atoms with Crippen molar-refractivity contribution in [1.82, 2.24) is 4.90 Å². The number of halogens is 2. The number of carbonyl (C=O) groups excluding carboxylic acids is 1. The number of likely N-dealkylation sites (tertiary alicyclic amines) is 1. The molecule has 150 valence electrons. The van der Waals surface area contributed by atoms with Crippen LogP contribution in [0.25, 0.3) is 0 Å². The molecule has 0 radical (unpaired) electrons. The number of hydrogen-bond acceptors (Lipinski definition) is 5. The van der Waals surface area contributed by atoms with Crippen LogP contribution in [-0.4, -0.2) is 50.5 Å². The summed E-state index contributed by atoms with van der Waals surface area (Å²) in [6.07, 6.45) is 0.00749. The van der Waals surface area contributed by atoms with E-state index in [0.29, 0.717) is 6.07 Å². The molecule has 2 unspecified atom stereocenters. The molecular formula is C18H23F2NO5S. The number of hydrogen-bond donors (Lipinski definition) is 0. The van der Waals surface area contributed by atoms with Crippen molar-refractivity contribution in [3.8, 4) is 0 Å². The lowest BCUT2D eigenvalue weighted by Gasteiger charge is -2.30. The highest BCUT2D eigenvalue weighted by atomic mass is 32.2. The molecule has 6 nitrogen and oxygen atoms in total. The van der Waals surface area contributed by atoms with Gasteiger partial charge in [-0.15, -0.1) is 0 Å². The van der Waals surface area contributed by atoms with Gasteiger partial charge in [-0.25, -0.2) is 13.6 Å². The molecule has 1 aliphatic heterocycles. The molecule has 1 saturated heterocycles. The third-order valence-electron chi connectivity index (χ3n) is 4.42. The molecule has 0 saturated carbocycles. The van der Waals surface area contributed by atoms with Crippen LogP contribution < -0.4 is 0 Å². The highest BCUT2D eigenvalue weighted by Crippen LogP contribution is 2.40. The van der Waals surface area contributed by atoms with E-state index in [9.17, 15) is 22.0 Å². The van der Waals surface area contributed by atoms with Gasteiger partial charge in [-0.05, 0) is 25.5 Å². The van der Waals surface area contributed by atoms with E-state index in [1.165, 1.54) is 24.0 Å². The Labute approximate surface area is 157 Å². The lowest BCUT2D eigenvalue weighted by Crippen LogP contribution is -2.43. The highest BCUT2D eigenvalue weighted by Gasteiger charge is 2.54. The Morgan fingerprint density at radius 3 is 2.67 bits per heavy atom. The third kappa shape index (κ3) is 4.47. The zero-order chi connectivity index (χ0) is 20.4. The maximum Gasteiger partial charge on any atom is 0.410 e. The van der Waals surface area contributed by atoms with Gasteiger partial charge in [-0.3, -0.25) is 4.18 Å². The van der Waals surface area contributed by atoms with E-state index in [2.05, 4.69) is 6.58 Å². The average molecular weight is 403 g/mol. The molecule has 2 rings (SSSR count). The van der Waals surface area contributed by atoms with E-state index >= 15 is 0 Å². The summed E-state index contributed by atoms with van der Waals surface area (Å²) >= 11 is 0. The van der Waals surface area contributed by atoms with Crippen LogP contribution in [0.1, 0.15) is 26.3 Å². The summed E-state index contributed by atoms with van der Waals surface area (Å²) in [7, 11) is -4.16. The Morgan fingerprint density at radius 2 is 2.11 bits per heavy atom. The van der Waals surface area contributed by atoms with Crippen LogP contribution in [0.5, 0.6) is 0 Å². The first-order valence-electron chi connectivity index (χ1n) is 8.41. The molecular weight excluding hydrogens is 380 g/mol. The Bertz CT molecular complexity index is 827. The van der Waals surface area contributed by atoms with Crippen molar-refractivity contribution in [2.45, 2.75) is 37.5 Å². The Hall–Kier alpha value is -2.00. The van der Waals surface area contributed by atoms with Gasteiger partial charge in [0.1, 0.15) is 23.5 Å². The maximum absolute atomic E-state index is 14.5. The normalized spacial score (nSPS) is 22.9. The number of ether oxygens (including phenoxy) is 1. The van der Waals surface area contributed by atoms with Gasteiger partial charge in [-0.2, -0.15) is 8.42 Å². The van der Waals surface area contributed by atoms with Crippen LogP contribution in [0.15, 0.2) is 30.9 Å². The van der Waals surface area contributed by atoms with Crippen LogP contribution in [0.3, 0.4) is 0 Å². The Kier molecular flexibility index (Phi) is 6.26. The molecule has 0 aromatic heterocycles. The first kappa shape index (κ1) is 21.3. The predicted molar refractivity (Wildman–Crippen MR) is 95.8 cm³/mol. The molecule has 27 heavy (non-hydrogen) atoms. The molecule has 1 heterocycles. The quantitative estimate of drug-likeness (QED) is 0.539. The second-order valence-electron chi connectivity index (χ2n) is 6.91. The van der Waals surface area contributed by atoms with Gasteiger partial charge in [0.05, 0.1) is 6.10 Å². The molecule has 0 N–H and O–H groups in total. The third-order valence-corrected chi connectivity index (χ3v) is 6.44. The topological polar surface area (TPSA) is 72.9 Å². The van der Waals surface area contributed by atoms with Crippen molar-refractivity contribution in [3.05, 3.63) is 48.1 Å². The molecule has 1 aromatic rings. The van der Waals surface area contributed by atoms with Gasteiger partial charge in [0.15, 0.2) is 0 Å². The van der Waals surface area contributed by atoms with Crippen molar-refractivity contribution in [2.75, 3.05) is 19.7 Å². The first-order valence-corrected chi connectivity index (χ1v) is 9.88. The van der Waals surface area contributed by atoms with Crippen LogP contribution in [-0.2, 0) is 24.5 Å². The van der Waals surface area contributed by atoms with Gasteiger partial charge in [0, 0.05) is 24.6 Å². The molecule has 9 heteroatoms. The van der Waals surface area contributed by atoms with Crippen LogP contribution in [0.4, 0.5) is 13.6 Å². The lowest BCUT2D eigenvalue weighted by atomic mass is 9.81. The van der Waals surface area contributed by atoms with E-state index < -0.39 is 44.6 Å². The van der Waals surface area contributed by atoms with E-state index in [-0.39, 0.29) is 25.3 Å². The smallest absolute Gasteiger partial charge is 0.410 e. The summed E-state index contributed by atoms with van der Waals surface area (Å²) in [5.74, 6) is -1.67. The number of nitrogens with zero attached hydrogens (tertiary/aromatic N) is 1. The SMILES string of the molecule is C=CCOC(=O)N1CC(S(=O)(=O)OC(C)C)C(C)(c2ccc(F)cc2F)C1. The predicted octanol–water partition coefficient (Wildman–Crippen LogP) is 2.98. The lowest BCUT2D eigenvalue weighted by molar-refractivity contribution is 0.119. The molecule has 1 aliphatic rings. The Morgan fingerprint density at radius 1 is 1.44 bits per heavy atom. The fourth-order valence-corrected chi connectivity index (χ4v) is 5.15. The van der Waals surface area contributed by atoms with Crippen LogP contribution in [0.2, 0.25) is 0 Å². The minimum Gasteiger partial charge on any atom is -0.445 e. The highest BCUT2D eigenvalue weighted by molar-refractivity contribution is 7.87. The van der Waals surface area contributed by atoms with E-state index in [1.807, 2.05) is 0 Å². The number of amides is 1. The van der Waals surface area contributed by atoms with Crippen molar-refractivity contribution >= 4 is 16.2 Å². The number of benzene rings is 1. The van der Waals surface area contributed by atoms with Gasteiger partial charge in [-0.1, -0.05) is 25.6 Å². The summed E-state index contributed by atoms with van der Waals surface area (Å²) in [5.41, 5.74) is -1.36. The second kappa shape index (κ2) is 7.93. The molecule has 0 aliphatic carbocycles. The summed E-state index contributed by atoms with van der Waals surface area (Å²) in [6.45, 7) is 7.65. The van der Waals surface area contributed by atoms with E-state index in [4.69, 9.17) is 8.92 Å². The van der Waals surface area contributed by atoms with Crippen LogP contribution >= 0.6 is 0 Å². The zero-order valence-electron chi connectivity index (χ0n) is 15.4. The number of carbonyl (C=O) groups is 1. The minimum atomic E-state index is -4.16. The monoisotopic (exact) mass is 403 g/mol. The fourth-order valence-electron chi connectivity index (χ4n) is 3.28.